The third-order valence-electron chi connectivity index (χ3n) is 4.70. The second-order valence-corrected chi connectivity index (χ2v) is 7.03. The topological polar surface area (TPSA) is 20.2 Å². The molecular weight excluding hydrogens is 324 g/mol. The number of rotatable bonds is 2. The van der Waals surface area contributed by atoms with Gasteiger partial charge in [-0.05, 0) is 72.9 Å². The summed E-state index contributed by atoms with van der Waals surface area (Å²) in [7, 11) is 0. The van der Waals surface area contributed by atoms with Gasteiger partial charge in [0.1, 0.15) is 0 Å². The molecule has 2 heteroatoms. The molecule has 1 nitrogen and oxygen atoms in total. The maximum Gasteiger partial charge on any atom is 0.0824 e. The van der Waals surface area contributed by atoms with E-state index in [4.69, 9.17) is 0 Å². The molecule has 1 N–H and O–H groups in total. The fraction of sp³-hybridized carbons (Fsp3) is 0.368. The van der Waals surface area contributed by atoms with Crippen LogP contribution in [0.3, 0.4) is 0 Å². The normalized spacial score (nSPS) is 19.1. The molecule has 0 heterocycles. The Balaban J connectivity index is 1.87. The lowest BCUT2D eigenvalue weighted by atomic mass is 9.78. The van der Waals surface area contributed by atoms with Crippen LogP contribution in [0.1, 0.15) is 40.3 Å². The number of halogens is 1. The van der Waals surface area contributed by atoms with Crippen molar-refractivity contribution >= 4 is 15.9 Å². The maximum absolute atomic E-state index is 10.9. The molecule has 0 aliphatic heterocycles. The van der Waals surface area contributed by atoms with Crippen molar-refractivity contribution in [2.45, 2.75) is 39.2 Å². The van der Waals surface area contributed by atoms with E-state index in [1.165, 1.54) is 22.3 Å². The quantitative estimate of drug-likeness (QED) is 0.820. The van der Waals surface area contributed by atoms with Crippen molar-refractivity contribution in [2.75, 3.05) is 0 Å². The Bertz CT molecular complexity index is 663. The first-order valence-electron chi connectivity index (χ1n) is 7.57. The number of aliphatic hydroxyl groups excluding tert-OH is 1. The first-order valence-corrected chi connectivity index (χ1v) is 8.37. The van der Waals surface area contributed by atoms with Crippen LogP contribution in [-0.2, 0) is 12.8 Å². The van der Waals surface area contributed by atoms with Crippen molar-refractivity contribution in [3.8, 4) is 0 Å². The number of aryl methyl sites for hydroxylation is 3. The largest absolute Gasteiger partial charge is 0.388 e. The molecule has 3 rings (SSSR count). The van der Waals surface area contributed by atoms with Crippen LogP contribution in [-0.4, -0.2) is 5.11 Å². The van der Waals surface area contributed by atoms with Gasteiger partial charge in [0.2, 0.25) is 0 Å². The number of hydrogen-bond donors (Lipinski definition) is 1. The van der Waals surface area contributed by atoms with Crippen LogP contribution in [0.2, 0.25) is 0 Å². The zero-order valence-electron chi connectivity index (χ0n) is 12.6. The molecule has 0 bridgehead atoms. The van der Waals surface area contributed by atoms with Gasteiger partial charge in [-0.25, -0.2) is 0 Å². The Hall–Kier alpha value is -1.12. The third kappa shape index (κ3) is 2.93. The van der Waals surface area contributed by atoms with Crippen LogP contribution in [0.15, 0.2) is 40.9 Å². The van der Waals surface area contributed by atoms with E-state index in [9.17, 15) is 5.11 Å². The molecule has 1 aliphatic rings. The predicted octanol–water partition coefficient (Wildman–Crippen LogP) is 4.90. The third-order valence-corrected chi connectivity index (χ3v) is 5.55. The number of aliphatic hydroxyl groups is 1. The monoisotopic (exact) mass is 344 g/mol. The van der Waals surface area contributed by atoms with Gasteiger partial charge >= 0.3 is 0 Å². The van der Waals surface area contributed by atoms with Crippen molar-refractivity contribution in [1.29, 1.82) is 0 Å². The minimum atomic E-state index is -0.370. The molecule has 110 valence electrons. The Morgan fingerprint density at radius 2 is 1.81 bits per heavy atom. The fourth-order valence-corrected chi connectivity index (χ4v) is 3.83. The summed E-state index contributed by atoms with van der Waals surface area (Å²) in [6.45, 7) is 4.16. The van der Waals surface area contributed by atoms with E-state index < -0.39 is 0 Å². The summed E-state index contributed by atoms with van der Waals surface area (Å²) < 4.78 is 1.12. The molecule has 2 aromatic carbocycles. The highest BCUT2D eigenvalue weighted by Crippen LogP contribution is 2.36. The molecule has 21 heavy (non-hydrogen) atoms. The van der Waals surface area contributed by atoms with E-state index in [1.54, 1.807) is 0 Å². The smallest absolute Gasteiger partial charge is 0.0824 e. The molecule has 0 saturated heterocycles. The lowest BCUT2D eigenvalue weighted by Gasteiger charge is -2.29. The second kappa shape index (κ2) is 5.94. The highest BCUT2D eigenvalue weighted by Gasteiger charge is 2.27. The Morgan fingerprint density at radius 3 is 2.57 bits per heavy atom. The zero-order chi connectivity index (χ0) is 15.0. The van der Waals surface area contributed by atoms with Gasteiger partial charge in [0.25, 0.3) is 0 Å². The van der Waals surface area contributed by atoms with Crippen LogP contribution in [0.4, 0.5) is 0 Å². The highest BCUT2D eigenvalue weighted by molar-refractivity contribution is 9.10. The van der Waals surface area contributed by atoms with Gasteiger partial charge < -0.3 is 5.11 Å². The van der Waals surface area contributed by atoms with E-state index in [1.807, 2.05) is 0 Å². The molecule has 2 atom stereocenters. The average Bonchev–Trinajstić information content (AvgIpc) is 2.50. The zero-order valence-corrected chi connectivity index (χ0v) is 14.2. The Morgan fingerprint density at radius 1 is 1.10 bits per heavy atom. The summed E-state index contributed by atoms with van der Waals surface area (Å²) in [6.07, 6.45) is 2.75. The van der Waals surface area contributed by atoms with Gasteiger partial charge in [-0.2, -0.15) is 0 Å². The second-order valence-electron chi connectivity index (χ2n) is 6.17. The summed E-state index contributed by atoms with van der Waals surface area (Å²) in [5, 5.41) is 10.9. The first kappa shape index (κ1) is 14.8. The molecule has 0 amide bonds. The van der Waals surface area contributed by atoms with Gasteiger partial charge in [0.05, 0.1) is 6.10 Å². The lowest BCUT2D eigenvalue weighted by Crippen LogP contribution is -2.21. The molecular formula is C19H21BrO. The summed E-state index contributed by atoms with van der Waals surface area (Å²) in [5.74, 6) is 0.319. The van der Waals surface area contributed by atoms with Gasteiger partial charge in [-0.15, -0.1) is 0 Å². The molecule has 1 aliphatic carbocycles. The van der Waals surface area contributed by atoms with E-state index in [2.05, 4.69) is 66.2 Å². The van der Waals surface area contributed by atoms with Gasteiger partial charge in [-0.1, -0.05) is 46.3 Å². The predicted molar refractivity (Wildman–Crippen MR) is 90.5 cm³/mol. The SMILES string of the molecule is Cc1cc(C(O)C2CCc3ccccc3C2)c(C)cc1Br. The molecule has 0 saturated carbocycles. The number of benzene rings is 2. The van der Waals surface area contributed by atoms with Crippen LogP contribution in [0.5, 0.6) is 0 Å². The minimum Gasteiger partial charge on any atom is -0.388 e. The summed E-state index contributed by atoms with van der Waals surface area (Å²) in [5.41, 5.74) is 6.29. The fourth-order valence-electron chi connectivity index (χ4n) is 3.37. The molecule has 0 aromatic heterocycles. The summed E-state index contributed by atoms with van der Waals surface area (Å²) in [4.78, 5) is 0. The number of fused-ring (bicyclic) bond motifs is 1. The molecule has 2 unspecified atom stereocenters. The van der Waals surface area contributed by atoms with Gasteiger partial charge in [0, 0.05) is 4.47 Å². The molecule has 0 radical (unpaired) electrons. The lowest BCUT2D eigenvalue weighted by molar-refractivity contribution is 0.0988. The standard InChI is InChI=1S/C19H21BrO/c1-12-10-18(20)13(2)9-17(12)19(21)16-8-7-14-5-3-4-6-15(14)11-16/h3-6,9-10,16,19,21H,7-8,11H2,1-2H3. The van der Waals surface area contributed by atoms with Crippen molar-refractivity contribution in [3.63, 3.8) is 0 Å². The first-order chi connectivity index (χ1) is 10.1. The Labute approximate surface area is 135 Å². The highest BCUT2D eigenvalue weighted by atomic mass is 79.9. The van der Waals surface area contributed by atoms with Crippen LogP contribution < -0.4 is 0 Å². The van der Waals surface area contributed by atoms with Crippen LogP contribution in [0, 0.1) is 19.8 Å². The van der Waals surface area contributed by atoms with Crippen LogP contribution in [0.25, 0.3) is 0 Å². The van der Waals surface area contributed by atoms with Crippen molar-refractivity contribution in [1.82, 2.24) is 0 Å². The number of hydrogen-bond acceptors (Lipinski definition) is 1. The molecule has 0 fully saturated rings. The maximum atomic E-state index is 10.9. The van der Waals surface area contributed by atoms with E-state index in [0.717, 1.165) is 29.3 Å². The molecule has 2 aromatic rings. The van der Waals surface area contributed by atoms with Crippen molar-refractivity contribution in [3.05, 3.63) is 68.7 Å². The van der Waals surface area contributed by atoms with E-state index >= 15 is 0 Å². The molecule has 0 spiro atoms. The van der Waals surface area contributed by atoms with E-state index in [-0.39, 0.29) is 6.10 Å². The van der Waals surface area contributed by atoms with Crippen molar-refractivity contribution < 1.29 is 5.11 Å². The Kier molecular flexibility index (Phi) is 4.19. The minimum absolute atomic E-state index is 0.319. The van der Waals surface area contributed by atoms with Crippen LogP contribution >= 0.6 is 15.9 Å². The summed E-state index contributed by atoms with van der Waals surface area (Å²) >= 11 is 3.57. The average molecular weight is 345 g/mol. The van der Waals surface area contributed by atoms with Gasteiger partial charge in [-0.3, -0.25) is 0 Å². The summed E-state index contributed by atoms with van der Waals surface area (Å²) in [6, 6.07) is 12.9. The van der Waals surface area contributed by atoms with E-state index in [0.29, 0.717) is 5.92 Å². The van der Waals surface area contributed by atoms with Gasteiger partial charge in [0.15, 0.2) is 0 Å². The van der Waals surface area contributed by atoms with Crippen molar-refractivity contribution in [2.24, 2.45) is 5.92 Å².